The minimum Gasteiger partial charge on any atom is -0.480 e. The molecule has 0 spiro atoms. The molecule has 0 aromatic carbocycles. The van der Waals surface area contributed by atoms with Crippen LogP contribution in [0.25, 0.3) is 10.6 Å². The van der Waals surface area contributed by atoms with E-state index < -0.39 is 5.97 Å². The summed E-state index contributed by atoms with van der Waals surface area (Å²) in [5, 5.41) is 16.3. The lowest BCUT2D eigenvalue weighted by Crippen LogP contribution is -2.35. The smallest absolute Gasteiger partial charge is 0.320 e. The van der Waals surface area contributed by atoms with Crippen LogP contribution in [0.4, 0.5) is 0 Å². The van der Waals surface area contributed by atoms with E-state index in [-0.39, 0.29) is 18.4 Å². The van der Waals surface area contributed by atoms with Gasteiger partial charge in [-0.2, -0.15) is 11.3 Å². The number of thiophene rings is 1. The zero-order chi connectivity index (χ0) is 13.2. The highest BCUT2D eigenvalue weighted by molar-refractivity contribution is 7.14. The molecule has 0 saturated carbocycles. The summed E-state index contributed by atoms with van der Waals surface area (Å²) in [5.41, 5.74) is 2.12. The topological polar surface area (TPSA) is 53.4 Å². The van der Waals surface area contributed by atoms with Crippen LogP contribution in [0.15, 0.2) is 22.2 Å². The number of carboxylic acids is 1. The summed E-state index contributed by atoms with van der Waals surface area (Å²) in [6.45, 7) is 1.49. The van der Waals surface area contributed by atoms with Gasteiger partial charge in [0.2, 0.25) is 0 Å². The van der Waals surface area contributed by atoms with Crippen molar-refractivity contribution in [3.05, 3.63) is 27.9 Å². The number of rotatable bonds is 4. The first-order valence-corrected chi connectivity index (χ1v) is 8.00. The van der Waals surface area contributed by atoms with Crippen molar-refractivity contribution >= 4 is 41.0 Å². The van der Waals surface area contributed by atoms with Gasteiger partial charge >= 0.3 is 5.97 Å². The predicted molar refractivity (Wildman–Crippen MR) is 83.7 cm³/mol. The fourth-order valence-corrected chi connectivity index (χ4v) is 3.92. The standard InChI is InChI=1S/C13H14N2O2S2.ClH/c16-13(17)11-2-1-4-15(11)6-10-8-19-12(14-10)9-3-5-18-7-9;/h3,5,7-8,11H,1-2,4,6H2,(H,16,17);1H/t11-;/m1./s1. The Morgan fingerprint density at radius 3 is 3.05 bits per heavy atom. The molecule has 1 aliphatic heterocycles. The number of hydrogen-bond acceptors (Lipinski definition) is 5. The molecule has 1 saturated heterocycles. The lowest BCUT2D eigenvalue weighted by atomic mass is 10.2. The van der Waals surface area contributed by atoms with Crippen molar-refractivity contribution in [3.63, 3.8) is 0 Å². The van der Waals surface area contributed by atoms with Gasteiger partial charge in [-0.1, -0.05) is 0 Å². The summed E-state index contributed by atoms with van der Waals surface area (Å²) in [6, 6.07) is 1.72. The number of aliphatic carboxylic acids is 1. The third-order valence-corrected chi connectivity index (χ3v) is 4.96. The van der Waals surface area contributed by atoms with E-state index in [1.54, 1.807) is 22.7 Å². The molecule has 108 valence electrons. The van der Waals surface area contributed by atoms with Gasteiger partial charge in [-0.25, -0.2) is 4.98 Å². The van der Waals surface area contributed by atoms with E-state index in [0.29, 0.717) is 6.54 Å². The zero-order valence-electron chi connectivity index (χ0n) is 10.7. The van der Waals surface area contributed by atoms with E-state index in [0.717, 1.165) is 35.7 Å². The minimum absolute atomic E-state index is 0. The van der Waals surface area contributed by atoms with Crippen LogP contribution in [-0.4, -0.2) is 33.5 Å². The van der Waals surface area contributed by atoms with E-state index in [2.05, 4.69) is 16.4 Å². The van der Waals surface area contributed by atoms with Crippen molar-refractivity contribution in [1.29, 1.82) is 0 Å². The Balaban J connectivity index is 0.00000147. The fourth-order valence-electron chi connectivity index (χ4n) is 2.40. The largest absolute Gasteiger partial charge is 0.480 e. The number of nitrogens with zero attached hydrogens (tertiary/aromatic N) is 2. The number of aromatic nitrogens is 1. The number of likely N-dealkylation sites (tertiary alicyclic amines) is 1. The Bertz CT molecular complexity index is 571. The third-order valence-electron chi connectivity index (χ3n) is 3.33. The molecular weight excluding hydrogens is 316 g/mol. The molecule has 2 aromatic rings. The van der Waals surface area contributed by atoms with Gasteiger partial charge < -0.3 is 5.11 Å². The monoisotopic (exact) mass is 330 g/mol. The van der Waals surface area contributed by atoms with Crippen molar-refractivity contribution < 1.29 is 9.90 Å². The van der Waals surface area contributed by atoms with Gasteiger partial charge in [-0.3, -0.25) is 9.69 Å². The fraction of sp³-hybridized carbons (Fsp3) is 0.385. The molecule has 1 aliphatic rings. The van der Waals surface area contributed by atoms with Gasteiger partial charge in [-0.15, -0.1) is 23.7 Å². The molecule has 20 heavy (non-hydrogen) atoms. The molecule has 0 unspecified atom stereocenters. The number of hydrogen-bond donors (Lipinski definition) is 1. The van der Waals surface area contributed by atoms with E-state index in [4.69, 9.17) is 5.11 Å². The van der Waals surface area contributed by atoms with Crippen LogP contribution in [0.3, 0.4) is 0 Å². The van der Waals surface area contributed by atoms with Crippen molar-refractivity contribution in [1.82, 2.24) is 9.88 Å². The van der Waals surface area contributed by atoms with Gasteiger partial charge in [0.25, 0.3) is 0 Å². The summed E-state index contributed by atoms with van der Waals surface area (Å²) in [4.78, 5) is 17.7. The van der Waals surface area contributed by atoms with Gasteiger partial charge in [0.05, 0.1) is 5.69 Å². The Hall–Kier alpha value is -0.950. The summed E-state index contributed by atoms with van der Waals surface area (Å²) in [7, 11) is 0. The number of carbonyl (C=O) groups is 1. The van der Waals surface area contributed by atoms with E-state index in [1.165, 1.54) is 0 Å². The molecule has 0 aliphatic carbocycles. The van der Waals surface area contributed by atoms with Crippen LogP contribution in [0.1, 0.15) is 18.5 Å². The molecule has 2 aromatic heterocycles. The van der Waals surface area contributed by atoms with Crippen LogP contribution in [0.5, 0.6) is 0 Å². The Kier molecular flexibility index (Phi) is 5.15. The Morgan fingerprint density at radius 2 is 2.35 bits per heavy atom. The normalized spacial score (nSPS) is 18.9. The van der Waals surface area contributed by atoms with Crippen molar-refractivity contribution in [3.8, 4) is 10.6 Å². The van der Waals surface area contributed by atoms with Gasteiger partial charge in [0.15, 0.2) is 0 Å². The lowest BCUT2D eigenvalue weighted by Gasteiger charge is -2.19. The van der Waals surface area contributed by atoms with Crippen LogP contribution in [-0.2, 0) is 11.3 Å². The molecule has 1 atom stereocenters. The molecule has 7 heteroatoms. The molecule has 1 fully saturated rings. The van der Waals surface area contributed by atoms with E-state index in [9.17, 15) is 4.79 Å². The molecule has 4 nitrogen and oxygen atoms in total. The highest BCUT2D eigenvalue weighted by atomic mass is 35.5. The zero-order valence-corrected chi connectivity index (χ0v) is 13.1. The second-order valence-corrected chi connectivity index (χ2v) is 6.26. The number of halogens is 1. The maximum atomic E-state index is 11.1. The average Bonchev–Trinajstić information content (AvgIpc) is 3.09. The molecule has 0 bridgehead atoms. The summed E-state index contributed by atoms with van der Waals surface area (Å²) >= 11 is 3.28. The van der Waals surface area contributed by atoms with Crippen molar-refractivity contribution in [2.24, 2.45) is 0 Å². The molecule has 0 radical (unpaired) electrons. The molecular formula is C13H15ClN2O2S2. The first-order chi connectivity index (χ1) is 9.24. The molecule has 0 amide bonds. The highest BCUT2D eigenvalue weighted by Gasteiger charge is 2.30. The number of carboxylic acid groups (broad SMARTS) is 1. The van der Waals surface area contributed by atoms with Crippen LogP contribution in [0.2, 0.25) is 0 Å². The summed E-state index contributed by atoms with van der Waals surface area (Å²) in [5.74, 6) is -0.717. The highest BCUT2D eigenvalue weighted by Crippen LogP contribution is 2.27. The molecule has 1 N–H and O–H groups in total. The van der Waals surface area contributed by atoms with Crippen molar-refractivity contribution in [2.45, 2.75) is 25.4 Å². The van der Waals surface area contributed by atoms with E-state index >= 15 is 0 Å². The van der Waals surface area contributed by atoms with Crippen LogP contribution < -0.4 is 0 Å². The molecule has 3 heterocycles. The number of thiazole rings is 1. The maximum absolute atomic E-state index is 11.1. The molecule has 3 rings (SSSR count). The quantitative estimate of drug-likeness (QED) is 0.934. The lowest BCUT2D eigenvalue weighted by molar-refractivity contribution is -0.142. The van der Waals surface area contributed by atoms with Crippen LogP contribution >= 0.6 is 35.1 Å². The summed E-state index contributed by atoms with van der Waals surface area (Å²) in [6.07, 6.45) is 1.70. The predicted octanol–water partition coefficient (Wildman–Crippen LogP) is 3.34. The van der Waals surface area contributed by atoms with Gasteiger partial charge in [-0.05, 0) is 30.8 Å². The second kappa shape index (κ2) is 6.67. The maximum Gasteiger partial charge on any atom is 0.320 e. The summed E-state index contributed by atoms with van der Waals surface area (Å²) < 4.78 is 0. The van der Waals surface area contributed by atoms with Crippen LogP contribution in [0, 0.1) is 0 Å². The Labute approximate surface area is 131 Å². The average molecular weight is 331 g/mol. The van der Waals surface area contributed by atoms with Gasteiger partial charge in [0, 0.05) is 22.9 Å². The van der Waals surface area contributed by atoms with E-state index in [1.807, 2.05) is 15.7 Å². The first-order valence-electron chi connectivity index (χ1n) is 6.18. The SMILES string of the molecule is Cl.O=C(O)[C@H]1CCCN1Cc1csc(-c2ccsc2)n1. The minimum atomic E-state index is -0.717. The first kappa shape index (κ1) is 15.4. The van der Waals surface area contributed by atoms with Crippen molar-refractivity contribution in [2.75, 3.05) is 6.54 Å². The Morgan fingerprint density at radius 1 is 1.50 bits per heavy atom. The third kappa shape index (κ3) is 3.20. The van der Waals surface area contributed by atoms with Gasteiger partial charge in [0.1, 0.15) is 11.0 Å². The second-order valence-electron chi connectivity index (χ2n) is 4.62.